The Morgan fingerprint density at radius 3 is 0.869 bits per heavy atom. The average Bonchev–Trinajstić information content (AvgIpc) is 0.861. The number of nitrogens with zero attached hydrogens (tertiary/aromatic N) is 3. The van der Waals surface area contributed by atoms with Gasteiger partial charge in [-0.3, -0.25) is 28.8 Å². The predicted octanol–water partition coefficient (Wildman–Crippen LogP) is 22.3. The Kier molecular flexibility index (Phi) is 34.5. The van der Waals surface area contributed by atoms with E-state index in [-0.39, 0.29) is 124 Å². The zero-order valence-corrected chi connectivity index (χ0v) is 59.5. The molecule has 0 heterocycles. The van der Waals surface area contributed by atoms with Gasteiger partial charge >= 0.3 is 49.5 Å². The van der Waals surface area contributed by atoms with Crippen molar-refractivity contribution in [1.82, 2.24) is 0 Å². The number of benzene rings is 11. The van der Waals surface area contributed by atoms with Crippen molar-refractivity contribution in [2.24, 2.45) is 0 Å². The van der Waals surface area contributed by atoms with Crippen LogP contribution in [0, 0.1) is 75.1 Å². The standard InChI is InChI=1S/C29H21NO2.C18H14ClNO2.C18H15NO2.3C6H5.3CH3.3Ni/c1-19-16-24(20-10-4-2-5-11-20)28(25(17-19)21-12-6-3-7-13-21)30-26-18-27(31)22-14-8-9-15-23(22)29(26)32;1-10-7-11(2)17(14(19)8-10)20-15-9-16(21)12-5-3-4-6-13(12)18(15)22;1-11-6-5-7-12(2)17(11)19-15-10-16(20)13-8-3-4-9-14(13)18(15)21;3*1-2-4-6-5-3-1;;;;;;/h2-18H,1H3,(H,30,31);3-9H,1-2H3,(H,20,21);3-10H,1-2H3,(H,19,20);3*1-5H;3*1H3;;;/q;;;6*-1;3*+3/p-3. The van der Waals surface area contributed by atoms with Gasteiger partial charge in [0.15, 0.2) is 34.7 Å². The molecule has 0 saturated heterocycles. The summed E-state index contributed by atoms with van der Waals surface area (Å²) in [6.07, 6.45) is 3.96. The fraction of sp³-hybridized carbons (Fsp3) is 0.0581. The monoisotopic (exact) mass is 1450 g/mol. The molecular formula is C86H71ClN3Ni3O6. The molecule has 3 aliphatic carbocycles. The molecule has 14 rings (SSSR count). The quantitative estimate of drug-likeness (QED) is 0.109. The Bertz CT molecular complexity index is 4340. The number of hydrogen-bond acceptors (Lipinski definition) is 6. The fourth-order valence-corrected chi connectivity index (χ4v) is 10.5. The molecule has 11 aromatic rings. The van der Waals surface area contributed by atoms with Crippen LogP contribution in [-0.4, -0.2) is 34.7 Å². The van der Waals surface area contributed by atoms with Crippen LogP contribution in [-0.2, 0) is 49.5 Å². The summed E-state index contributed by atoms with van der Waals surface area (Å²) in [7, 11) is 0. The number of carbonyl (C=O) groups excluding carboxylic acids is 6. The molecule has 0 atom stereocenters. The minimum Gasteiger partial charge on any atom is -0.654 e. The van der Waals surface area contributed by atoms with E-state index in [0.29, 0.717) is 49.8 Å². The van der Waals surface area contributed by atoms with E-state index in [1.807, 2.05) is 211 Å². The Labute approximate surface area is 618 Å². The summed E-state index contributed by atoms with van der Waals surface area (Å²) in [6.45, 7) is 9.74. The second-order valence-corrected chi connectivity index (χ2v) is 21.9. The zero-order chi connectivity index (χ0) is 65.6. The fourth-order valence-electron chi connectivity index (χ4n) is 10.1. The van der Waals surface area contributed by atoms with Crippen molar-refractivity contribution in [3.8, 4) is 22.3 Å². The van der Waals surface area contributed by atoms with E-state index in [1.165, 1.54) is 18.2 Å². The number of para-hydroxylation sites is 1. The van der Waals surface area contributed by atoms with Crippen LogP contribution in [0.5, 0.6) is 0 Å². The normalized spacial score (nSPS) is 11.6. The van der Waals surface area contributed by atoms with E-state index in [4.69, 9.17) is 16.9 Å². The number of halogens is 1. The summed E-state index contributed by atoms with van der Waals surface area (Å²) < 4.78 is 0. The summed E-state index contributed by atoms with van der Waals surface area (Å²) >= 11 is 6.22. The minimum absolute atomic E-state index is 0. The van der Waals surface area contributed by atoms with Crippen LogP contribution in [0.4, 0.5) is 17.1 Å². The number of ketones is 6. The molecule has 503 valence electrons. The largest absolute Gasteiger partial charge is 3.00 e. The Morgan fingerprint density at radius 2 is 0.566 bits per heavy atom. The van der Waals surface area contributed by atoms with Crippen LogP contribution < -0.4 is 0 Å². The first-order valence-corrected chi connectivity index (χ1v) is 30.2. The van der Waals surface area contributed by atoms with Gasteiger partial charge in [-0.05, 0) is 92.3 Å². The SMILES string of the molecule is Cc1cc(-c2ccccc2)c([N-]C2=CC(=O)c3ccccc3C2=O)c(-c2ccccc2)c1.Cc1cc(C)c([N-]C2=CC(=O)c3ccccc3C2=O)c(Cl)c1.Cc1cccc(C)c1[N-]C1=CC(=O)c2ccccc2C1=O.[CH3-].[CH3-].[CH3-].[Ni+3].[Ni+3].[Ni+3].[c-]1ccccc1.[c-]1ccccc1.[c-]1ccccc1. The molecule has 0 saturated carbocycles. The molecule has 13 heteroatoms. The molecule has 0 N–H and O–H groups in total. The second-order valence-electron chi connectivity index (χ2n) is 21.5. The number of allylic oxidation sites excluding steroid dienone is 6. The first-order valence-electron chi connectivity index (χ1n) is 29.8. The van der Waals surface area contributed by atoms with Crippen LogP contribution >= 0.6 is 11.6 Å². The molecule has 9 nitrogen and oxygen atoms in total. The van der Waals surface area contributed by atoms with Gasteiger partial charge < -0.3 is 38.2 Å². The summed E-state index contributed by atoms with van der Waals surface area (Å²) in [4.78, 5) is 75.1. The molecule has 0 spiro atoms. The summed E-state index contributed by atoms with van der Waals surface area (Å²) in [6, 6.07) is 91.7. The maximum atomic E-state index is 13.2. The summed E-state index contributed by atoms with van der Waals surface area (Å²) in [5, 5.41) is 14.1. The van der Waals surface area contributed by atoms with E-state index in [2.05, 4.69) is 41.0 Å². The van der Waals surface area contributed by atoms with Gasteiger partial charge in [0.1, 0.15) is 0 Å². The average molecular weight is 1450 g/mol. The maximum absolute atomic E-state index is 13.2. The van der Waals surface area contributed by atoms with Crippen molar-refractivity contribution in [1.29, 1.82) is 0 Å². The Morgan fingerprint density at radius 1 is 0.283 bits per heavy atom. The third-order valence-corrected chi connectivity index (χ3v) is 14.9. The van der Waals surface area contributed by atoms with Crippen molar-refractivity contribution in [2.75, 3.05) is 0 Å². The van der Waals surface area contributed by atoms with Gasteiger partial charge in [0.05, 0.1) is 0 Å². The molecule has 0 aliphatic heterocycles. The van der Waals surface area contributed by atoms with Crippen LogP contribution in [0.25, 0.3) is 38.2 Å². The Hall–Kier alpha value is -10.2. The van der Waals surface area contributed by atoms with Crippen LogP contribution in [0.15, 0.2) is 302 Å². The van der Waals surface area contributed by atoms with E-state index < -0.39 is 0 Å². The van der Waals surface area contributed by atoms with Crippen molar-refractivity contribution < 1.29 is 78.2 Å². The molecule has 0 amide bonds. The van der Waals surface area contributed by atoms with Crippen LogP contribution in [0.3, 0.4) is 0 Å². The summed E-state index contributed by atoms with van der Waals surface area (Å²) in [5.41, 5.74) is 13.7. The molecule has 0 fully saturated rings. The molecule has 11 aromatic carbocycles. The van der Waals surface area contributed by atoms with Gasteiger partial charge in [-0.2, -0.15) is 109 Å². The number of aryl methyl sites for hydroxylation is 5. The van der Waals surface area contributed by atoms with E-state index in [0.717, 1.165) is 55.8 Å². The predicted molar refractivity (Wildman–Crippen MR) is 393 cm³/mol. The molecule has 0 unspecified atom stereocenters. The number of fused-ring (bicyclic) bond motifs is 3. The van der Waals surface area contributed by atoms with E-state index in [1.54, 1.807) is 78.9 Å². The number of carbonyl (C=O) groups is 6. The number of hydrogen-bond donors (Lipinski definition) is 0. The number of Topliss-reactive ketones (excluding diaryl/α,β-unsaturated/α-hetero) is 3. The molecule has 0 bridgehead atoms. The van der Waals surface area contributed by atoms with Gasteiger partial charge in [-0.1, -0.05) is 215 Å². The van der Waals surface area contributed by atoms with Crippen LogP contribution in [0.2, 0.25) is 5.02 Å². The third kappa shape index (κ3) is 22.2. The molecule has 0 aromatic heterocycles. The molecular weight excluding hydrogens is 1380 g/mol. The Balaban J connectivity index is 0.000000338. The van der Waals surface area contributed by atoms with Crippen molar-refractivity contribution >= 4 is 63.4 Å². The van der Waals surface area contributed by atoms with Crippen molar-refractivity contribution in [2.45, 2.75) is 34.6 Å². The van der Waals surface area contributed by atoms with Gasteiger partial charge in [0.25, 0.3) is 0 Å². The van der Waals surface area contributed by atoms with E-state index >= 15 is 0 Å². The first-order chi connectivity index (χ1) is 45.2. The smallest absolute Gasteiger partial charge is 0.654 e. The summed E-state index contributed by atoms with van der Waals surface area (Å²) in [5.74, 6) is -1.28. The topological polar surface area (TPSA) is 145 Å². The molecule has 3 radical (unpaired) electrons. The zero-order valence-electron chi connectivity index (χ0n) is 55.8. The van der Waals surface area contributed by atoms with Crippen molar-refractivity contribution in [3.05, 3.63) is 425 Å². The van der Waals surface area contributed by atoms with Gasteiger partial charge in [-0.25, -0.2) is 0 Å². The molecule has 3 aliphatic rings. The maximum Gasteiger partial charge on any atom is 3.00 e. The first kappa shape index (κ1) is 83.1. The van der Waals surface area contributed by atoms with Crippen LogP contribution in [0.1, 0.15) is 90.0 Å². The van der Waals surface area contributed by atoms with Gasteiger partial charge in [-0.15, -0.1) is 17.1 Å². The number of rotatable bonds is 8. The van der Waals surface area contributed by atoms with Gasteiger partial charge in [0.2, 0.25) is 0 Å². The molecule has 99 heavy (non-hydrogen) atoms. The second kappa shape index (κ2) is 41.2. The van der Waals surface area contributed by atoms with E-state index in [9.17, 15) is 28.8 Å². The minimum atomic E-state index is -0.258. The van der Waals surface area contributed by atoms with Gasteiger partial charge in [0, 0.05) is 38.4 Å². The van der Waals surface area contributed by atoms with Crippen molar-refractivity contribution in [3.63, 3.8) is 0 Å². The third-order valence-electron chi connectivity index (χ3n) is 14.6.